The van der Waals surface area contributed by atoms with Gasteiger partial charge in [0.15, 0.2) is 0 Å². The number of nitrogens with one attached hydrogen (secondary N) is 1. The van der Waals surface area contributed by atoms with E-state index in [-0.39, 0.29) is 10.8 Å². The van der Waals surface area contributed by atoms with Crippen LogP contribution >= 0.6 is 0 Å². The van der Waals surface area contributed by atoms with Crippen LogP contribution < -0.4 is 5.32 Å². The van der Waals surface area contributed by atoms with Crippen molar-refractivity contribution in [3.8, 4) is 0 Å². The molecule has 1 heterocycles. The molecule has 0 amide bonds. The lowest BCUT2D eigenvalue weighted by Crippen LogP contribution is -2.53. The number of morpholine rings is 1. The Kier molecular flexibility index (Phi) is 6.64. The number of hydrogen-bond acceptors (Lipinski definition) is 4. The van der Waals surface area contributed by atoms with Crippen LogP contribution in [0.1, 0.15) is 41.5 Å². The van der Waals surface area contributed by atoms with Crippen LogP contribution in [-0.2, 0) is 14.3 Å². The van der Waals surface area contributed by atoms with Crippen LogP contribution in [-0.4, -0.2) is 47.4 Å². The highest BCUT2D eigenvalue weighted by Crippen LogP contribution is 2.30. The van der Waals surface area contributed by atoms with Crippen LogP contribution in [0.2, 0.25) is 0 Å². The number of carboxylic acids is 2. The van der Waals surface area contributed by atoms with Crippen molar-refractivity contribution in [3.05, 3.63) is 0 Å². The molecule has 0 saturated carbocycles. The molecule has 6 heteroatoms. The fourth-order valence-electron chi connectivity index (χ4n) is 1.66. The Hall–Kier alpha value is -1.14. The summed E-state index contributed by atoms with van der Waals surface area (Å²) in [6.45, 7) is 15.4. The average molecular weight is 289 g/mol. The van der Waals surface area contributed by atoms with Gasteiger partial charge < -0.3 is 20.3 Å². The van der Waals surface area contributed by atoms with Gasteiger partial charge in [-0.2, -0.15) is 0 Å². The van der Waals surface area contributed by atoms with Crippen molar-refractivity contribution in [3.63, 3.8) is 0 Å². The van der Waals surface area contributed by atoms with Crippen LogP contribution in [0.4, 0.5) is 0 Å². The van der Waals surface area contributed by atoms with E-state index in [0.29, 0.717) is 12.2 Å². The molecular formula is C14H27NO5. The fraction of sp³-hybridized carbons (Fsp3) is 0.857. The number of carboxylic acid groups (broad SMARTS) is 2. The molecule has 0 bridgehead atoms. The third kappa shape index (κ3) is 6.86. The molecule has 3 N–H and O–H groups in total. The predicted octanol–water partition coefficient (Wildman–Crippen LogP) is 1.59. The van der Waals surface area contributed by atoms with Gasteiger partial charge in [-0.3, -0.25) is 0 Å². The standard InChI is InChI=1S/C12H25NO.C2H2O4/c1-11(2,3)9-7-13-8-10(14-9)12(4,5)6;3-1(4)2(5)6/h9-10,13H,7-8H2,1-6H3;(H,3,4)(H,5,6). The number of ether oxygens (including phenoxy) is 1. The first-order valence-electron chi connectivity index (χ1n) is 6.68. The quantitative estimate of drug-likeness (QED) is 0.586. The normalized spacial score (nSPS) is 23.5. The molecule has 0 aliphatic carbocycles. The summed E-state index contributed by atoms with van der Waals surface area (Å²) in [7, 11) is 0. The van der Waals surface area contributed by atoms with E-state index >= 15 is 0 Å². The van der Waals surface area contributed by atoms with E-state index in [1.807, 2.05) is 0 Å². The van der Waals surface area contributed by atoms with E-state index in [1.165, 1.54) is 0 Å². The maximum absolute atomic E-state index is 9.10. The van der Waals surface area contributed by atoms with Crippen molar-refractivity contribution in [2.45, 2.75) is 53.8 Å². The summed E-state index contributed by atoms with van der Waals surface area (Å²) >= 11 is 0. The summed E-state index contributed by atoms with van der Waals surface area (Å²) in [6, 6.07) is 0. The van der Waals surface area contributed by atoms with Crippen molar-refractivity contribution < 1.29 is 24.5 Å². The van der Waals surface area contributed by atoms with Gasteiger partial charge in [0.1, 0.15) is 0 Å². The molecule has 0 radical (unpaired) electrons. The van der Waals surface area contributed by atoms with Gasteiger partial charge in [-0.05, 0) is 10.8 Å². The monoisotopic (exact) mass is 289 g/mol. The van der Waals surface area contributed by atoms with E-state index in [0.717, 1.165) is 13.1 Å². The van der Waals surface area contributed by atoms with Crippen LogP contribution in [0.5, 0.6) is 0 Å². The Morgan fingerprint density at radius 2 is 1.20 bits per heavy atom. The SMILES string of the molecule is CC(C)(C)C1CNCC(C(C)(C)C)O1.O=C(O)C(=O)O. The Morgan fingerprint density at radius 3 is 1.40 bits per heavy atom. The lowest BCUT2D eigenvalue weighted by Gasteiger charge is -2.43. The molecular weight excluding hydrogens is 262 g/mol. The first-order chi connectivity index (χ1) is 8.85. The molecule has 118 valence electrons. The highest BCUT2D eigenvalue weighted by atomic mass is 16.5. The summed E-state index contributed by atoms with van der Waals surface area (Å²) in [5.74, 6) is -3.65. The molecule has 2 unspecified atom stereocenters. The minimum absolute atomic E-state index is 0.233. The summed E-state index contributed by atoms with van der Waals surface area (Å²) in [5.41, 5.74) is 0.466. The molecule has 1 fully saturated rings. The zero-order valence-electron chi connectivity index (χ0n) is 13.2. The molecule has 0 aromatic heterocycles. The molecule has 0 aromatic carbocycles. The van der Waals surface area contributed by atoms with Crippen LogP contribution in [0.15, 0.2) is 0 Å². The minimum atomic E-state index is -1.82. The van der Waals surface area contributed by atoms with Crippen molar-refractivity contribution in [1.29, 1.82) is 0 Å². The first-order valence-corrected chi connectivity index (χ1v) is 6.68. The van der Waals surface area contributed by atoms with Crippen LogP contribution in [0.3, 0.4) is 0 Å². The number of hydrogen-bond donors (Lipinski definition) is 3. The number of aliphatic carboxylic acids is 2. The molecule has 0 aromatic rings. The van der Waals surface area contributed by atoms with E-state index in [1.54, 1.807) is 0 Å². The lowest BCUT2D eigenvalue weighted by atomic mass is 9.84. The van der Waals surface area contributed by atoms with Crippen molar-refractivity contribution in [2.24, 2.45) is 10.8 Å². The lowest BCUT2D eigenvalue weighted by molar-refractivity contribution is -0.159. The fourth-order valence-corrected chi connectivity index (χ4v) is 1.66. The zero-order valence-corrected chi connectivity index (χ0v) is 13.2. The van der Waals surface area contributed by atoms with Gasteiger partial charge in [-0.25, -0.2) is 9.59 Å². The predicted molar refractivity (Wildman–Crippen MR) is 75.7 cm³/mol. The van der Waals surface area contributed by atoms with Crippen LogP contribution in [0, 0.1) is 10.8 Å². The third-order valence-electron chi connectivity index (χ3n) is 3.10. The molecule has 1 aliphatic heterocycles. The number of rotatable bonds is 0. The van der Waals surface area contributed by atoms with E-state index < -0.39 is 11.9 Å². The van der Waals surface area contributed by atoms with E-state index in [4.69, 9.17) is 24.5 Å². The average Bonchev–Trinajstić information content (AvgIpc) is 2.27. The van der Waals surface area contributed by atoms with Gasteiger partial charge in [0.25, 0.3) is 0 Å². The second-order valence-electron chi connectivity index (χ2n) is 7.11. The van der Waals surface area contributed by atoms with Crippen molar-refractivity contribution in [2.75, 3.05) is 13.1 Å². The molecule has 2 atom stereocenters. The highest BCUT2D eigenvalue weighted by Gasteiger charge is 2.36. The van der Waals surface area contributed by atoms with Gasteiger partial charge in [-0.15, -0.1) is 0 Å². The van der Waals surface area contributed by atoms with Gasteiger partial charge in [0.05, 0.1) is 12.2 Å². The second-order valence-corrected chi connectivity index (χ2v) is 7.11. The van der Waals surface area contributed by atoms with E-state index in [2.05, 4.69) is 46.9 Å². The van der Waals surface area contributed by atoms with Gasteiger partial charge in [0, 0.05) is 13.1 Å². The van der Waals surface area contributed by atoms with Crippen molar-refractivity contribution >= 4 is 11.9 Å². The zero-order chi connectivity index (χ0) is 16.1. The number of carbonyl (C=O) groups is 2. The summed E-state index contributed by atoms with van der Waals surface area (Å²) in [6.07, 6.45) is 0.668. The molecule has 20 heavy (non-hydrogen) atoms. The van der Waals surface area contributed by atoms with Gasteiger partial charge in [-0.1, -0.05) is 41.5 Å². The molecule has 0 spiro atoms. The molecule has 1 saturated heterocycles. The molecule has 6 nitrogen and oxygen atoms in total. The van der Waals surface area contributed by atoms with E-state index in [9.17, 15) is 0 Å². The maximum atomic E-state index is 9.10. The molecule has 1 rings (SSSR count). The molecule has 1 aliphatic rings. The summed E-state index contributed by atoms with van der Waals surface area (Å²) in [4.78, 5) is 18.2. The summed E-state index contributed by atoms with van der Waals surface area (Å²) in [5, 5.41) is 18.3. The van der Waals surface area contributed by atoms with Gasteiger partial charge in [0.2, 0.25) is 0 Å². The highest BCUT2D eigenvalue weighted by molar-refractivity contribution is 6.27. The minimum Gasteiger partial charge on any atom is -0.473 e. The maximum Gasteiger partial charge on any atom is 0.414 e. The largest absolute Gasteiger partial charge is 0.473 e. The Morgan fingerprint density at radius 1 is 0.900 bits per heavy atom. The first kappa shape index (κ1) is 18.9. The second kappa shape index (κ2) is 7.04. The van der Waals surface area contributed by atoms with Crippen LogP contribution in [0.25, 0.3) is 0 Å². The van der Waals surface area contributed by atoms with Crippen molar-refractivity contribution in [1.82, 2.24) is 5.32 Å². The summed E-state index contributed by atoms with van der Waals surface area (Å²) < 4.78 is 6.15. The Bertz CT molecular complexity index is 308. The van der Waals surface area contributed by atoms with Gasteiger partial charge >= 0.3 is 11.9 Å². The third-order valence-corrected chi connectivity index (χ3v) is 3.10. The smallest absolute Gasteiger partial charge is 0.414 e. The topological polar surface area (TPSA) is 95.9 Å². The Labute approximate surface area is 120 Å². The Balaban J connectivity index is 0.000000511.